The van der Waals surface area contributed by atoms with Crippen molar-refractivity contribution >= 4 is 5.97 Å². The number of nitrogens with one attached hydrogen (secondary N) is 1. The van der Waals surface area contributed by atoms with Crippen molar-refractivity contribution in [2.24, 2.45) is 0 Å². The molecule has 0 spiro atoms. The van der Waals surface area contributed by atoms with Crippen molar-refractivity contribution in [2.45, 2.75) is 6.92 Å². The van der Waals surface area contributed by atoms with Crippen molar-refractivity contribution in [3.63, 3.8) is 0 Å². The molecule has 22 heavy (non-hydrogen) atoms. The number of H-pyrrole nitrogens is 1. The molecule has 110 valence electrons. The number of hydrogen-bond donors (Lipinski definition) is 2. The minimum absolute atomic E-state index is 0.174. The molecule has 6 nitrogen and oxygen atoms in total. The minimum Gasteiger partial charge on any atom is -0.478 e. The zero-order valence-electron chi connectivity index (χ0n) is 11.8. The topological polar surface area (TPSA) is 88.0 Å². The Morgan fingerprint density at radius 1 is 1.23 bits per heavy atom. The SMILES string of the molecule is Cc1c(-c2cccnc2)[nH]n(-c2ccc(C(=O)O)cc2)c1=O. The van der Waals surface area contributed by atoms with Gasteiger partial charge in [0, 0.05) is 23.5 Å². The van der Waals surface area contributed by atoms with Crippen LogP contribution < -0.4 is 5.56 Å². The largest absolute Gasteiger partial charge is 0.478 e. The average molecular weight is 295 g/mol. The van der Waals surface area contributed by atoms with Crippen LogP contribution >= 0.6 is 0 Å². The molecular formula is C16H13N3O3. The molecule has 0 saturated heterocycles. The summed E-state index contributed by atoms with van der Waals surface area (Å²) in [6, 6.07) is 9.77. The second-order valence-electron chi connectivity index (χ2n) is 4.85. The van der Waals surface area contributed by atoms with E-state index in [2.05, 4.69) is 10.1 Å². The van der Waals surface area contributed by atoms with Gasteiger partial charge in [-0.05, 0) is 43.3 Å². The molecule has 2 heterocycles. The molecule has 2 aromatic heterocycles. The minimum atomic E-state index is -1.00. The Bertz CT molecular complexity index is 877. The fourth-order valence-electron chi connectivity index (χ4n) is 2.25. The Morgan fingerprint density at radius 2 is 1.95 bits per heavy atom. The number of carbonyl (C=O) groups is 1. The quantitative estimate of drug-likeness (QED) is 0.775. The maximum Gasteiger partial charge on any atom is 0.335 e. The average Bonchev–Trinajstić information content (AvgIpc) is 2.84. The molecule has 0 radical (unpaired) electrons. The van der Waals surface area contributed by atoms with E-state index in [-0.39, 0.29) is 11.1 Å². The second kappa shape index (κ2) is 5.33. The maximum atomic E-state index is 12.4. The highest BCUT2D eigenvalue weighted by Gasteiger charge is 2.13. The highest BCUT2D eigenvalue weighted by molar-refractivity contribution is 5.87. The van der Waals surface area contributed by atoms with Gasteiger partial charge in [-0.1, -0.05) is 0 Å². The highest BCUT2D eigenvalue weighted by atomic mass is 16.4. The third-order valence-electron chi connectivity index (χ3n) is 3.45. The molecule has 0 saturated carbocycles. The molecule has 3 aromatic rings. The molecule has 0 fully saturated rings. The van der Waals surface area contributed by atoms with Crippen molar-refractivity contribution in [1.82, 2.24) is 14.8 Å². The number of nitrogens with zero attached hydrogens (tertiary/aromatic N) is 2. The monoisotopic (exact) mass is 295 g/mol. The summed E-state index contributed by atoms with van der Waals surface area (Å²) in [5.74, 6) is -1.00. The zero-order valence-corrected chi connectivity index (χ0v) is 11.8. The summed E-state index contributed by atoms with van der Waals surface area (Å²) >= 11 is 0. The summed E-state index contributed by atoms with van der Waals surface area (Å²) in [5, 5.41) is 12.0. The third-order valence-corrected chi connectivity index (χ3v) is 3.45. The molecule has 0 aliphatic carbocycles. The van der Waals surface area contributed by atoms with E-state index in [4.69, 9.17) is 5.11 Å². The fraction of sp³-hybridized carbons (Fsp3) is 0.0625. The van der Waals surface area contributed by atoms with Crippen LogP contribution in [-0.4, -0.2) is 25.8 Å². The number of carboxylic acids is 1. The van der Waals surface area contributed by atoms with E-state index in [1.165, 1.54) is 16.8 Å². The second-order valence-corrected chi connectivity index (χ2v) is 4.85. The molecule has 1 aromatic carbocycles. The van der Waals surface area contributed by atoms with Crippen LogP contribution in [0.15, 0.2) is 53.6 Å². The molecule has 0 bridgehead atoms. The van der Waals surface area contributed by atoms with E-state index < -0.39 is 5.97 Å². The molecule has 2 N–H and O–H groups in total. The lowest BCUT2D eigenvalue weighted by atomic mass is 10.1. The number of aromatic amines is 1. The van der Waals surface area contributed by atoms with E-state index in [9.17, 15) is 9.59 Å². The Kier molecular flexibility index (Phi) is 3.34. The molecule has 3 rings (SSSR count). The Hall–Kier alpha value is -3.15. The lowest BCUT2D eigenvalue weighted by Gasteiger charge is -2.03. The van der Waals surface area contributed by atoms with Gasteiger partial charge in [-0.25, -0.2) is 9.48 Å². The van der Waals surface area contributed by atoms with Gasteiger partial charge in [-0.3, -0.25) is 14.9 Å². The van der Waals surface area contributed by atoms with Gasteiger partial charge in [0.1, 0.15) is 0 Å². The Balaban J connectivity index is 2.09. The van der Waals surface area contributed by atoms with Crippen LogP contribution in [-0.2, 0) is 0 Å². The van der Waals surface area contributed by atoms with E-state index in [1.807, 2.05) is 6.07 Å². The molecule has 0 aliphatic heterocycles. The van der Waals surface area contributed by atoms with Gasteiger partial charge in [0.05, 0.1) is 16.9 Å². The summed E-state index contributed by atoms with van der Waals surface area (Å²) in [6.07, 6.45) is 3.34. The Morgan fingerprint density at radius 3 is 2.55 bits per heavy atom. The van der Waals surface area contributed by atoms with Crippen molar-refractivity contribution in [1.29, 1.82) is 0 Å². The molecule has 0 unspecified atom stereocenters. The number of aromatic nitrogens is 3. The predicted octanol–water partition coefficient (Wildman–Crippen LogP) is 2.23. The first-order chi connectivity index (χ1) is 10.6. The van der Waals surface area contributed by atoms with Gasteiger partial charge in [-0.15, -0.1) is 0 Å². The number of carboxylic acid groups (broad SMARTS) is 1. The van der Waals surface area contributed by atoms with Crippen LogP contribution in [0, 0.1) is 6.92 Å². The summed E-state index contributed by atoms with van der Waals surface area (Å²) < 4.78 is 1.39. The Labute approximate surface area is 125 Å². The lowest BCUT2D eigenvalue weighted by Crippen LogP contribution is -2.15. The summed E-state index contributed by atoms with van der Waals surface area (Å²) in [4.78, 5) is 27.3. The number of pyridine rings is 1. The number of rotatable bonds is 3. The van der Waals surface area contributed by atoms with Crippen LogP contribution in [0.25, 0.3) is 16.9 Å². The van der Waals surface area contributed by atoms with Gasteiger partial charge >= 0.3 is 5.97 Å². The van der Waals surface area contributed by atoms with Crippen LogP contribution in [0.4, 0.5) is 0 Å². The van der Waals surface area contributed by atoms with Gasteiger partial charge < -0.3 is 5.11 Å². The van der Waals surface area contributed by atoms with E-state index in [0.29, 0.717) is 16.9 Å². The van der Waals surface area contributed by atoms with Crippen molar-refractivity contribution in [3.05, 3.63) is 70.3 Å². The highest BCUT2D eigenvalue weighted by Crippen LogP contribution is 2.19. The van der Waals surface area contributed by atoms with Crippen LogP contribution in [0.5, 0.6) is 0 Å². The first-order valence-electron chi connectivity index (χ1n) is 6.63. The predicted molar refractivity (Wildman–Crippen MR) is 81.3 cm³/mol. The number of aromatic carboxylic acids is 1. The molecule has 0 amide bonds. The normalized spacial score (nSPS) is 10.6. The van der Waals surface area contributed by atoms with Crippen LogP contribution in [0.1, 0.15) is 15.9 Å². The maximum absolute atomic E-state index is 12.4. The smallest absolute Gasteiger partial charge is 0.335 e. The standard InChI is InChI=1S/C16H13N3O3/c1-10-14(12-3-2-8-17-9-12)18-19(15(10)20)13-6-4-11(5-7-13)16(21)22/h2-9,18H,1H3,(H,21,22). The summed E-state index contributed by atoms with van der Waals surface area (Å²) in [7, 11) is 0. The van der Waals surface area contributed by atoms with Gasteiger partial charge in [0.25, 0.3) is 5.56 Å². The molecular weight excluding hydrogens is 282 g/mol. The third kappa shape index (κ3) is 2.31. The lowest BCUT2D eigenvalue weighted by molar-refractivity contribution is 0.0697. The summed E-state index contributed by atoms with van der Waals surface area (Å²) in [5.41, 5.74) is 2.66. The molecule has 0 aliphatic rings. The molecule has 0 atom stereocenters. The van der Waals surface area contributed by atoms with E-state index in [1.54, 1.807) is 37.5 Å². The van der Waals surface area contributed by atoms with Crippen LogP contribution in [0.3, 0.4) is 0 Å². The first-order valence-corrected chi connectivity index (χ1v) is 6.63. The van der Waals surface area contributed by atoms with Crippen molar-refractivity contribution < 1.29 is 9.90 Å². The van der Waals surface area contributed by atoms with E-state index in [0.717, 1.165) is 5.56 Å². The van der Waals surface area contributed by atoms with Gasteiger partial charge in [0.15, 0.2) is 0 Å². The summed E-state index contributed by atoms with van der Waals surface area (Å²) in [6.45, 7) is 1.74. The number of benzene rings is 1. The molecule has 6 heteroatoms. The van der Waals surface area contributed by atoms with Crippen molar-refractivity contribution in [3.8, 4) is 16.9 Å². The van der Waals surface area contributed by atoms with Gasteiger partial charge in [-0.2, -0.15) is 0 Å². The van der Waals surface area contributed by atoms with Gasteiger partial charge in [0.2, 0.25) is 0 Å². The first kappa shape index (κ1) is 13.8. The fourth-order valence-corrected chi connectivity index (χ4v) is 2.25. The van der Waals surface area contributed by atoms with Crippen LogP contribution in [0.2, 0.25) is 0 Å². The zero-order chi connectivity index (χ0) is 15.7. The van der Waals surface area contributed by atoms with Crippen molar-refractivity contribution in [2.75, 3.05) is 0 Å². The van der Waals surface area contributed by atoms with E-state index >= 15 is 0 Å². The number of hydrogen-bond acceptors (Lipinski definition) is 3.